The van der Waals surface area contributed by atoms with Crippen LogP contribution in [0, 0.1) is 0 Å². The van der Waals surface area contributed by atoms with Crippen molar-refractivity contribution >= 4 is 18.3 Å². The largest absolute Gasteiger partial charge is 0.341 e. The fourth-order valence-corrected chi connectivity index (χ4v) is 3.44. The SMILES string of the molecule is Cl.O=C(C1CCCCN1)N1CCC(c2ccccc2)CC1. The van der Waals surface area contributed by atoms with Crippen molar-refractivity contribution in [3.8, 4) is 0 Å². The molecule has 0 spiro atoms. The zero-order valence-electron chi connectivity index (χ0n) is 12.5. The lowest BCUT2D eigenvalue weighted by atomic mass is 9.89. The van der Waals surface area contributed by atoms with Crippen molar-refractivity contribution in [2.75, 3.05) is 19.6 Å². The van der Waals surface area contributed by atoms with E-state index >= 15 is 0 Å². The van der Waals surface area contributed by atoms with Gasteiger partial charge in [-0.3, -0.25) is 4.79 Å². The Morgan fingerprint density at radius 2 is 1.76 bits per heavy atom. The van der Waals surface area contributed by atoms with E-state index in [2.05, 4.69) is 40.5 Å². The molecule has 0 bridgehead atoms. The van der Waals surface area contributed by atoms with Crippen molar-refractivity contribution in [1.29, 1.82) is 0 Å². The molecule has 0 saturated carbocycles. The van der Waals surface area contributed by atoms with Crippen LogP contribution in [-0.4, -0.2) is 36.5 Å². The lowest BCUT2D eigenvalue weighted by molar-refractivity contribution is -0.135. The summed E-state index contributed by atoms with van der Waals surface area (Å²) in [5, 5.41) is 3.37. The van der Waals surface area contributed by atoms with Crippen LogP contribution in [0.2, 0.25) is 0 Å². The molecule has 1 aromatic rings. The summed E-state index contributed by atoms with van der Waals surface area (Å²) in [5.41, 5.74) is 1.43. The molecule has 1 amide bonds. The summed E-state index contributed by atoms with van der Waals surface area (Å²) in [4.78, 5) is 14.5. The molecule has 1 atom stereocenters. The third-order valence-electron chi connectivity index (χ3n) is 4.69. The Morgan fingerprint density at radius 1 is 1.05 bits per heavy atom. The molecule has 2 aliphatic heterocycles. The normalized spacial score (nSPS) is 23.4. The van der Waals surface area contributed by atoms with E-state index in [9.17, 15) is 4.79 Å². The van der Waals surface area contributed by atoms with Gasteiger partial charge in [-0.05, 0) is 43.7 Å². The van der Waals surface area contributed by atoms with Gasteiger partial charge in [0.25, 0.3) is 0 Å². The van der Waals surface area contributed by atoms with Crippen LogP contribution in [-0.2, 0) is 4.79 Å². The predicted molar refractivity (Wildman–Crippen MR) is 87.9 cm³/mol. The molecule has 4 heteroatoms. The summed E-state index contributed by atoms with van der Waals surface area (Å²) in [6, 6.07) is 10.8. The molecule has 2 fully saturated rings. The smallest absolute Gasteiger partial charge is 0.239 e. The average Bonchev–Trinajstić information content (AvgIpc) is 2.56. The predicted octanol–water partition coefficient (Wildman–Crippen LogP) is 2.96. The molecule has 1 aromatic carbocycles. The van der Waals surface area contributed by atoms with Gasteiger partial charge in [-0.15, -0.1) is 12.4 Å². The second-order valence-electron chi connectivity index (χ2n) is 6.01. The molecule has 0 aromatic heterocycles. The Hall–Kier alpha value is -1.06. The molecule has 2 saturated heterocycles. The Morgan fingerprint density at radius 3 is 2.38 bits per heavy atom. The highest BCUT2D eigenvalue weighted by Gasteiger charge is 2.29. The van der Waals surface area contributed by atoms with Crippen molar-refractivity contribution < 1.29 is 4.79 Å². The fraction of sp³-hybridized carbons (Fsp3) is 0.588. The average molecular weight is 309 g/mol. The summed E-state index contributed by atoms with van der Waals surface area (Å²) >= 11 is 0. The second-order valence-corrected chi connectivity index (χ2v) is 6.01. The van der Waals surface area contributed by atoms with Crippen molar-refractivity contribution in [1.82, 2.24) is 10.2 Å². The zero-order chi connectivity index (χ0) is 13.8. The topological polar surface area (TPSA) is 32.3 Å². The van der Waals surface area contributed by atoms with E-state index in [1.54, 1.807) is 0 Å². The zero-order valence-corrected chi connectivity index (χ0v) is 13.3. The minimum absolute atomic E-state index is 0. The first kappa shape index (κ1) is 16.3. The van der Waals surface area contributed by atoms with Crippen molar-refractivity contribution in [2.24, 2.45) is 0 Å². The van der Waals surface area contributed by atoms with Gasteiger partial charge >= 0.3 is 0 Å². The number of carbonyl (C=O) groups excluding carboxylic acids is 1. The van der Waals surface area contributed by atoms with Crippen LogP contribution in [0.15, 0.2) is 30.3 Å². The molecule has 3 nitrogen and oxygen atoms in total. The van der Waals surface area contributed by atoms with Crippen LogP contribution in [0.3, 0.4) is 0 Å². The number of piperidine rings is 2. The number of carbonyl (C=O) groups is 1. The number of nitrogens with zero attached hydrogens (tertiary/aromatic N) is 1. The fourth-order valence-electron chi connectivity index (χ4n) is 3.44. The Labute approximate surface area is 133 Å². The standard InChI is InChI=1S/C17H24N2O.ClH/c20-17(16-8-4-5-11-18-16)19-12-9-15(10-13-19)14-6-2-1-3-7-14;/h1-3,6-7,15-16,18H,4-5,8-13H2;1H. The number of rotatable bonds is 2. The molecule has 0 radical (unpaired) electrons. The van der Waals surface area contributed by atoms with Crippen molar-refractivity contribution in [2.45, 2.75) is 44.1 Å². The summed E-state index contributed by atoms with van der Waals surface area (Å²) in [7, 11) is 0. The molecule has 1 unspecified atom stereocenters. The summed E-state index contributed by atoms with van der Waals surface area (Å²) in [6.45, 7) is 2.82. The summed E-state index contributed by atoms with van der Waals surface area (Å²) in [6.07, 6.45) is 5.60. The third-order valence-corrected chi connectivity index (χ3v) is 4.69. The molecule has 2 heterocycles. The van der Waals surface area contributed by atoms with Gasteiger partial charge in [0, 0.05) is 13.1 Å². The first-order valence-corrected chi connectivity index (χ1v) is 7.92. The van der Waals surface area contributed by atoms with Gasteiger partial charge in [-0.25, -0.2) is 0 Å². The quantitative estimate of drug-likeness (QED) is 0.911. The first-order chi connectivity index (χ1) is 9.84. The molecule has 3 rings (SSSR count). The van der Waals surface area contributed by atoms with Gasteiger partial charge in [-0.1, -0.05) is 36.8 Å². The minimum Gasteiger partial charge on any atom is -0.341 e. The molecular formula is C17H25ClN2O. The number of likely N-dealkylation sites (tertiary alicyclic amines) is 1. The number of hydrogen-bond acceptors (Lipinski definition) is 2. The van der Waals surface area contributed by atoms with Gasteiger partial charge in [0.2, 0.25) is 5.91 Å². The monoisotopic (exact) mass is 308 g/mol. The maximum Gasteiger partial charge on any atom is 0.239 e. The molecule has 116 valence electrons. The molecule has 2 aliphatic rings. The van der Waals surface area contributed by atoms with Crippen LogP contribution in [0.4, 0.5) is 0 Å². The summed E-state index contributed by atoms with van der Waals surface area (Å²) in [5.74, 6) is 0.954. The van der Waals surface area contributed by atoms with Crippen LogP contribution in [0.5, 0.6) is 0 Å². The second kappa shape index (κ2) is 7.81. The van der Waals surface area contributed by atoms with Crippen LogP contribution >= 0.6 is 12.4 Å². The van der Waals surface area contributed by atoms with E-state index < -0.39 is 0 Å². The first-order valence-electron chi connectivity index (χ1n) is 7.92. The van der Waals surface area contributed by atoms with Gasteiger partial charge in [0.1, 0.15) is 0 Å². The summed E-state index contributed by atoms with van der Waals surface area (Å²) < 4.78 is 0. The Balaban J connectivity index is 0.00000161. The van der Waals surface area contributed by atoms with Gasteiger partial charge < -0.3 is 10.2 Å². The van der Waals surface area contributed by atoms with Crippen LogP contribution < -0.4 is 5.32 Å². The van der Waals surface area contributed by atoms with E-state index in [1.807, 2.05) is 0 Å². The number of halogens is 1. The highest BCUT2D eigenvalue weighted by atomic mass is 35.5. The third kappa shape index (κ3) is 3.98. The Kier molecular flexibility index (Phi) is 6.07. The molecular weight excluding hydrogens is 284 g/mol. The lowest BCUT2D eigenvalue weighted by Gasteiger charge is -2.35. The molecule has 0 aliphatic carbocycles. The number of hydrogen-bond donors (Lipinski definition) is 1. The van der Waals surface area contributed by atoms with Crippen LogP contribution in [0.1, 0.15) is 43.6 Å². The highest BCUT2D eigenvalue weighted by Crippen LogP contribution is 2.28. The van der Waals surface area contributed by atoms with Gasteiger partial charge in [-0.2, -0.15) is 0 Å². The van der Waals surface area contributed by atoms with Gasteiger partial charge in [0.05, 0.1) is 6.04 Å². The van der Waals surface area contributed by atoms with E-state index in [4.69, 9.17) is 0 Å². The van der Waals surface area contributed by atoms with Crippen molar-refractivity contribution in [3.63, 3.8) is 0 Å². The molecule has 1 N–H and O–H groups in total. The molecule has 21 heavy (non-hydrogen) atoms. The Bertz CT molecular complexity index is 437. The van der Waals surface area contributed by atoms with Crippen molar-refractivity contribution in [3.05, 3.63) is 35.9 Å². The maximum atomic E-state index is 12.5. The number of amides is 1. The van der Waals surface area contributed by atoms with E-state index in [0.717, 1.165) is 38.9 Å². The highest BCUT2D eigenvalue weighted by molar-refractivity contribution is 5.85. The lowest BCUT2D eigenvalue weighted by Crippen LogP contribution is -2.50. The van der Waals surface area contributed by atoms with E-state index in [0.29, 0.717) is 11.8 Å². The number of benzene rings is 1. The number of nitrogens with one attached hydrogen (secondary N) is 1. The van der Waals surface area contributed by atoms with Crippen LogP contribution in [0.25, 0.3) is 0 Å². The van der Waals surface area contributed by atoms with E-state index in [-0.39, 0.29) is 18.4 Å². The van der Waals surface area contributed by atoms with E-state index in [1.165, 1.54) is 18.4 Å². The minimum atomic E-state index is 0. The van der Waals surface area contributed by atoms with Gasteiger partial charge in [0.15, 0.2) is 0 Å². The maximum absolute atomic E-state index is 12.5.